The predicted molar refractivity (Wildman–Crippen MR) is 77.4 cm³/mol. The number of nitrogens with zero attached hydrogens (tertiary/aromatic N) is 4. The van der Waals surface area contributed by atoms with Crippen molar-refractivity contribution in [2.24, 2.45) is 5.92 Å². The third-order valence-electron chi connectivity index (χ3n) is 3.35. The van der Waals surface area contributed by atoms with E-state index in [1.807, 2.05) is 0 Å². The minimum atomic E-state index is -1.11. The average Bonchev–Trinajstić information content (AvgIpc) is 2.94. The summed E-state index contributed by atoms with van der Waals surface area (Å²) in [6.07, 6.45) is 1.43. The highest BCUT2D eigenvalue weighted by Gasteiger charge is 2.32. The Morgan fingerprint density at radius 1 is 1.48 bits per heavy atom. The van der Waals surface area contributed by atoms with Crippen molar-refractivity contribution >= 4 is 23.6 Å². The molecule has 1 fully saturated rings. The van der Waals surface area contributed by atoms with Gasteiger partial charge >= 0.3 is 5.97 Å². The highest BCUT2D eigenvalue weighted by atomic mass is 16.5. The number of anilines is 1. The number of carbonyl (C=O) groups excluding carboxylic acids is 2. The fourth-order valence-corrected chi connectivity index (χ4v) is 2.04. The Labute approximate surface area is 132 Å². The average molecular weight is 325 g/mol. The lowest BCUT2D eigenvalue weighted by Gasteiger charge is -2.32. The Balaban J connectivity index is 1.98. The summed E-state index contributed by atoms with van der Waals surface area (Å²) in [6.45, 7) is 3.80. The van der Waals surface area contributed by atoms with Crippen molar-refractivity contribution in [3.05, 3.63) is 6.20 Å². The molecule has 2 rings (SSSR count). The van der Waals surface area contributed by atoms with Crippen LogP contribution >= 0.6 is 0 Å². The number of nitrogens with one attached hydrogen (secondary N) is 1. The van der Waals surface area contributed by atoms with Crippen LogP contribution < -0.4 is 5.32 Å². The number of rotatable bonds is 5. The van der Waals surface area contributed by atoms with Crippen LogP contribution in [0.5, 0.6) is 0 Å². The second kappa shape index (κ2) is 7.18. The summed E-state index contributed by atoms with van der Waals surface area (Å²) >= 11 is 0. The van der Waals surface area contributed by atoms with Gasteiger partial charge in [-0.3, -0.25) is 9.59 Å². The summed E-state index contributed by atoms with van der Waals surface area (Å²) in [7, 11) is 0. The molecule has 2 amide bonds. The van der Waals surface area contributed by atoms with Crippen LogP contribution in [0.3, 0.4) is 0 Å². The lowest BCUT2D eigenvalue weighted by atomic mass is 10.2. The molecule has 10 nitrogen and oxygen atoms in total. The fourth-order valence-electron chi connectivity index (χ4n) is 2.04. The number of carboxylic acid groups (broad SMARTS) is 1. The van der Waals surface area contributed by atoms with Gasteiger partial charge in [0.25, 0.3) is 0 Å². The molecule has 2 N–H and O–H groups in total. The molecular formula is C13H19N5O5. The summed E-state index contributed by atoms with van der Waals surface area (Å²) in [5.74, 6) is -1.67. The molecule has 10 heteroatoms. The molecule has 1 unspecified atom stereocenters. The molecule has 0 bridgehead atoms. The van der Waals surface area contributed by atoms with Crippen LogP contribution in [0.2, 0.25) is 0 Å². The highest BCUT2D eigenvalue weighted by Crippen LogP contribution is 2.09. The van der Waals surface area contributed by atoms with E-state index in [2.05, 4.69) is 15.6 Å². The summed E-state index contributed by atoms with van der Waals surface area (Å²) in [5.41, 5.74) is 0. The number of hydrogen-bond acceptors (Lipinski definition) is 6. The van der Waals surface area contributed by atoms with E-state index in [1.54, 1.807) is 13.8 Å². The van der Waals surface area contributed by atoms with Gasteiger partial charge in [-0.05, 0) is 0 Å². The number of carbonyl (C=O) groups is 3. The molecule has 2 heterocycles. The zero-order valence-corrected chi connectivity index (χ0v) is 12.9. The number of amides is 2. The first kappa shape index (κ1) is 16.9. The molecular weight excluding hydrogens is 306 g/mol. The molecule has 1 saturated heterocycles. The van der Waals surface area contributed by atoms with Gasteiger partial charge in [-0.1, -0.05) is 19.1 Å². The largest absolute Gasteiger partial charge is 0.480 e. The van der Waals surface area contributed by atoms with Gasteiger partial charge in [-0.25, -0.2) is 9.48 Å². The quantitative estimate of drug-likeness (QED) is 0.724. The first-order valence-electron chi connectivity index (χ1n) is 7.19. The molecule has 1 aromatic rings. The van der Waals surface area contributed by atoms with E-state index in [4.69, 9.17) is 9.84 Å². The maximum atomic E-state index is 12.3. The highest BCUT2D eigenvalue weighted by molar-refractivity contribution is 5.91. The number of aliphatic carboxylic acids is 1. The lowest BCUT2D eigenvalue weighted by molar-refractivity contribution is -0.158. The van der Waals surface area contributed by atoms with E-state index in [0.717, 1.165) is 0 Å². The van der Waals surface area contributed by atoms with Gasteiger partial charge in [0.2, 0.25) is 11.8 Å². The van der Waals surface area contributed by atoms with Crippen molar-refractivity contribution in [1.29, 1.82) is 0 Å². The molecule has 0 radical (unpaired) electrons. The second-order valence-electron chi connectivity index (χ2n) is 5.46. The van der Waals surface area contributed by atoms with Gasteiger partial charge in [0.1, 0.15) is 6.54 Å². The molecule has 0 spiro atoms. The van der Waals surface area contributed by atoms with Crippen molar-refractivity contribution < 1.29 is 24.2 Å². The maximum Gasteiger partial charge on any atom is 0.328 e. The van der Waals surface area contributed by atoms with Gasteiger partial charge in [0.05, 0.1) is 19.4 Å². The minimum Gasteiger partial charge on any atom is -0.480 e. The Morgan fingerprint density at radius 3 is 2.87 bits per heavy atom. The predicted octanol–water partition coefficient (Wildman–Crippen LogP) is -0.815. The molecule has 0 aromatic carbocycles. The molecule has 23 heavy (non-hydrogen) atoms. The zero-order valence-electron chi connectivity index (χ0n) is 12.9. The van der Waals surface area contributed by atoms with Crippen LogP contribution in [-0.2, 0) is 25.7 Å². The Morgan fingerprint density at radius 2 is 2.22 bits per heavy atom. The van der Waals surface area contributed by atoms with Crippen molar-refractivity contribution in [1.82, 2.24) is 19.9 Å². The number of aromatic nitrogens is 3. The number of carboxylic acids is 1. The zero-order chi connectivity index (χ0) is 17.0. The van der Waals surface area contributed by atoms with Crippen LogP contribution in [0, 0.1) is 5.92 Å². The van der Waals surface area contributed by atoms with E-state index in [1.165, 1.54) is 15.8 Å². The van der Waals surface area contributed by atoms with E-state index >= 15 is 0 Å². The standard InChI is InChI=1S/C13H19N5O5/c1-8(2)12(20)14-10-5-17(16-15-10)6-11(19)18-3-4-23-7-9(18)13(21)22/h5,8-9H,3-4,6-7H2,1-2H3,(H,14,20)(H,21,22). The normalized spacial score (nSPS) is 18.0. The molecule has 1 atom stereocenters. The summed E-state index contributed by atoms with van der Waals surface area (Å²) in [5, 5.41) is 19.2. The van der Waals surface area contributed by atoms with Crippen molar-refractivity contribution in [3.8, 4) is 0 Å². The molecule has 0 saturated carbocycles. The monoisotopic (exact) mass is 325 g/mol. The summed E-state index contributed by atoms with van der Waals surface area (Å²) < 4.78 is 6.34. The molecule has 0 aliphatic carbocycles. The second-order valence-corrected chi connectivity index (χ2v) is 5.46. The maximum absolute atomic E-state index is 12.3. The molecule has 1 aliphatic rings. The van der Waals surface area contributed by atoms with E-state index in [0.29, 0.717) is 6.61 Å². The lowest BCUT2D eigenvalue weighted by Crippen LogP contribution is -2.53. The van der Waals surface area contributed by atoms with Gasteiger partial charge in [0, 0.05) is 12.5 Å². The van der Waals surface area contributed by atoms with Crippen LogP contribution in [-0.4, -0.2) is 68.6 Å². The SMILES string of the molecule is CC(C)C(=O)Nc1cn(CC(=O)N2CCOCC2C(=O)O)nn1. The van der Waals surface area contributed by atoms with Gasteiger partial charge in [-0.15, -0.1) is 5.10 Å². The van der Waals surface area contributed by atoms with Crippen molar-refractivity contribution in [2.75, 3.05) is 25.1 Å². The van der Waals surface area contributed by atoms with Gasteiger partial charge in [-0.2, -0.15) is 0 Å². The van der Waals surface area contributed by atoms with Crippen LogP contribution in [0.25, 0.3) is 0 Å². The Bertz CT molecular complexity index is 599. The number of morpholine rings is 1. The molecule has 126 valence electrons. The van der Waals surface area contributed by atoms with Crippen molar-refractivity contribution in [3.63, 3.8) is 0 Å². The van der Waals surface area contributed by atoms with Crippen molar-refractivity contribution in [2.45, 2.75) is 26.4 Å². The van der Waals surface area contributed by atoms with E-state index in [-0.39, 0.29) is 37.3 Å². The van der Waals surface area contributed by atoms with E-state index in [9.17, 15) is 14.4 Å². The topological polar surface area (TPSA) is 127 Å². The third-order valence-corrected chi connectivity index (χ3v) is 3.35. The number of hydrogen-bond donors (Lipinski definition) is 2. The van der Waals surface area contributed by atoms with Crippen LogP contribution in [0.4, 0.5) is 5.82 Å². The smallest absolute Gasteiger partial charge is 0.328 e. The van der Waals surface area contributed by atoms with Gasteiger partial charge in [0.15, 0.2) is 11.9 Å². The summed E-state index contributed by atoms with van der Waals surface area (Å²) in [4.78, 5) is 36.2. The molecule has 1 aromatic heterocycles. The third kappa shape index (κ3) is 4.25. The fraction of sp³-hybridized carbons (Fsp3) is 0.615. The van der Waals surface area contributed by atoms with Crippen LogP contribution in [0.15, 0.2) is 6.20 Å². The minimum absolute atomic E-state index is 0.0336. The number of ether oxygens (including phenoxy) is 1. The Hall–Kier alpha value is -2.49. The Kier molecular flexibility index (Phi) is 5.27. The van der Waals surface area contributed by atoms with E-state index < -0.39 is 17.9 Å². The summed E-state index contributed by atoms with van der Waals surface area (Å²) in [6, 6.07) is -1.00. The van der Waals surface area contributed by atoms with Gasteiger partial charge < -0.3 is 20.1 Å². The molecule has 1 aliphatic heterocycles. The first-order valence-corrected chi connectivity index (χ1v) is 7.19. The first-order chi connectivity index (χ1) is 10.9. The van der Waals surface area contributed by atoms with Crippen LogP contribution in [0.1, 0.15) is 13.8 Å².